The molecule has 1 amide bonds. The predicted octanol–water partition coefficient (Wildman–Crippen LogP) is 2.81. The molecule has 7 nitrogen and oxygen atoms in total. The summed E-state index contributed by atoms with van der Waals surface area (Å²) in [7, 11) is 0. The van der Waals surface area contributed by atoms with E-state index in [0.29, 0.717) is 24.0 Å². The number of amides is 1. The van der Waals surface area contributed by atoms with E-state index in [2.05, 4.69) is 20.1 Å². The number of nitrogens with zero attached hydrogens (tertiary/aromatic N) is 5. The van der Waals surface area contributed by atoms with Crippen LogP contribution in [0.5, 0.6) is 0 Å². The Kier molecular flexibility index (Phi) is 3.97. The van der Waals surface area contributed by atoms with Crippen LogP contribution in [0.1, 0.15) is 40.8 Å². The summed E-state index contributed by atoms with van der Waals surface area (Å²) in [6.07, 6.45) is 6.22. The van der Waals surface area contributed by atoms with E-state index >= 15 is 0 Å². The lowest BCUT2D eigenvalue weighted by Gasteiger charge is -2.21. The van der Waals surface area contributed by atoms with Gasteiger partial charge in [-0.3, -0.25) is 9.78 Å². The molecular formula is C18H17N5O2. The predicted molar refractivity (Wildman–Crippen MR) is 89.5 cm³/mol. The van der Waals surface area contributed by atoms with Gasteiger partial charge in [-0.2, -0.15) is 4.98 Å². The molecule has 1 aliphatic heterocycles. The first kappa shape index (κ1) is 15.4. The fourth-order valence-corrected chi connectivity index (χ4v) is 3.10. The van der Waals surface area contributed by atoms with Crippen molar-refractivity contribution in [2.75, 3.05) is 6.54 Å². The zero-order valence-electron chi connectivity index (χ0n) is 13.8. The first-order chi connectivity index (χ1) is 12.2. The van der Waals surface area contributed by atoms with E-state index < -0.39 is 0 Å². The molecule has 0 aliphatic carbocycles. The Bertz CT molecular complexity index is 893. The lowest BCUT2D eigenvalue weighted by molar-refractivity contribution is 0.0703. The Balaban J connectivity index is 1.60. The van der Waals surface area contributed by atoms with Gasteiger partial charge in [0.2, 0.25) is 11.7 Å². The van der Waals surface area contributed by atoms with Crippen LogP contribution in [-0.4, -0.2) is 37.5 Å². The van der Waals surface area contributed by atoms with Gasteiger partial charge < -0.3 is 9.42 Å². The smallest absolute Gasteiger partial charge is 0.274 e. The highest BCUT2D eigenvalue weighted by atomic mass is 16.5. The lowest BCUT2D eigenvalue weighted by atomic mass is 10.1. The van der Waals surface area contributed by atoms with Gasteiger partial charge in [0.15, 0.2) is 0 Å². The van der Waals surface area contributed by atoms with Gasteiger partial charge in [-0.25, -0.2) is 4.98 Å². The van der Waals surface area contributed by atoms with Crippen LogP contribution in [-0.2, 0) is 0 Å². The molecule has 2 aromatic heterocycles. The Hall–Kier alpha value is -3.09. The summed E-state index contributed by atoms with van der Waals surface area (Å²) in [4.78, 5) is 27.0. The third kappa shape index (κ3) is 3.00. The molecule has 1 unspecified atom stereocenters. The first-order valence-electron chi connectivity index (χ1n) is 8.20. The summed E-state index contributed by atoms with van der Waals surface area (Å²) in [5, 5.41) is 4.09. The van der Waals surface area contributed by atoms with E-state index in [1.165, 1.54) is 12.4 Å². The van der Waals surface area contributed by atoms with Gasteiger partial charge >= 0.3 is 0 Å². The minimum atomic E-state index is -0.222. The molecule has 3 heterocycles. The largest absolute Gasteiger partial charge is 0.337 e. The van der Waals surface area contributed by atoms with Crippen LogP contribution < -0.4 is 0 Å². The lowest BCUT2D eigenvalue weighted by Crippen LogP contribution is -2.31. The number of aromatic nitrogens is 4. The molecule has 1 atom stereocenters. The number of rotatable bonds is 3. The van der Waals surface area contributed by atoms with Gasteiger partial charge in [0.05, 0.1) is 6.20 Å². The van der Waals surface area contributed by atoms with Gasteiger partial charge in [-0.1, -0.05) is 28.9 Å². The molecule has 0 saturated carbocycles. The minimum absolute atomic E-state index is 0.161. The van der Waals surface area contributed by atoms with Crippen LogP contribution in [0.2, 0.25) is 0 Å². The maximum absolute atomic E-state index is 12.7. The molecule has 7 heteroatoms. The van der Waals surface area contributed by atoms with Crippen LogP contribution >= 0.6 is 0 Å². The van der Waals surface area contributed by atoms with E-state index in [1.807, 2.05) is 31.2 Å². The number of benzene rings is 1. The van der Waals surface area contributed by atoms with Crippen LogP contribution in [0.15, 0.2) is 47.4 Å². The molecule has 1 aromatic carbocycles. The van der Waals surface area contributed by atoms with Crippen molar-refractivity contribution in [3.8, 4) is 11.4 Å². The standard InChI is InChI=1S/C18H17N5O2/c1-12-4-2-5-13(10-12)16-21-17(25-22-16)15-6-3-9-23(15)18(24)14-11-19-7-8-20-14/h2,4-5,7-8,10-11,15H,3,6,9H2,1H3. The van der Waals surface area contributed by atoms with Crippen molar-refractivity contribution in [2.24, 2.45) is 0 Å². The molecule has 0 radical (unpaired) electrons. The van der Waals surface area contributed by atoms with Crippen LogP contribution in [0.3, 0.4) is 0 Å². The highest BCUT2D eigenvalue weighted by Crippen LogP contribution is 2.33. The quantitative estimate of drug-likeness (QED) is 0.732. The molecule has 3 aromatic rings. The molecule has 1 aliphatic rings. The summed E-state index contributed by atoms with van der Waals surface area (Å²) in [5.41, 5.74) is 2.36. The highest BCUT2D eigenvalue weighted by molar-refractivity contribution is 5.92. The second kappa shape index (κ2) is 6.43. The summed E-state index contributed by atoms with van der Waals surface area (Å²) in [6.45, 7) is 2.66. The molecule has 1 saturated heterocycles. The number of hydrogen-bond donors (Lipinski definition) is 0. The number of carbonyl (C=O) groups excluding carboxylic acids is 1. The average molecular weight is 335 g/mol. The number of aryl methyl sites for hydroxylation is 1. The second-order valence-corrected chi connectivity index (χ2v) is 6.07. The highest BCUT2D eigenvalue weighted by Gasteiger charge is 2.35. The number of carbonyl (C=O) groups is 1. The van der Waals surface area contributed by atoms with Crippen LogP contribution in [0.4, 0.5) is 0 Å². The Morgan fingerprint density at radius 1 is 1.32 bits per heavy atom. The van der Waals surface area contributed by atoms with Crippen molar-refractivity contribution in [1.82, 2.24) is 25.0 Å². The SMILES string of the molecule is Cc1cccc(-c2noc(C3CCCN3C(=O)c3cnccn3)n2)c1. The van der Waals surface area contributed by atoms with E-state index in [9.17, 15) is 4.79 Å². The third-order valence-electron chi connectivity index (χ3n) is 4.30. The topological polar surface area (TPSA) is 85.0 Å². The molecular weight excluding hydrogens is 318 g/mol. The Labute approximate surface area is 144 Å². The monoisotopic (exact) mass is 335 g/mol. The van der Waals surface area contributed by atoms with Gasteiger partial charge in [-0.15, -0.1) is 0 Å². The minimum Gasteiger partial charge on any atom is -0.337 e. The van der Waals surface area contributed by atoms with E-state index in [0.717, 1.165) is 24.0 Å². The fraction of sp³-hybridized carbons (Fsp3) is 0.278. The van der Waals surface area contributed by atoms with Crippen molar-refractivity contribution >= 4 is 5.91 Å². The summed E-state index contributed by atoms with van der Waals surface area (Å²) < 4.78 is 5.47. The van der Waals surface area contributed by atoms with E-state index in [4.69, 9.17) is 4.52 Å². The molecule has 126 valence electrons. The van der Waals surface area contributed by atoms with E-state index in [-0.39, 0.29) is 11.9 Å². The number of likely N-dealkylation sites (tertiary alicyclic amines) is 1. The van der Waals surface area contributed by atoms with Crippen LogP contribution in [0, 0.1) is 6.92 Å². The summed E-state index contributed by atoms with van der Waals surface area (Å²) in [6, 6.07) is 7.70. The first-order valence-corrected chi connectivity index (χ1v) is 8.20. The third-order valence-corrected chi connectivity index (χ3v) is 4.30. The summed E-state index contributed by atoms with van der Waals surface area (Å²) >= 11 is 0. The van der Waals surface area contributed by atoms with Gasteiger partial charge in [0.25, 0.3) is 5.91 Å². The molecule has 0 spiro atoms. The molecule has 1 fully saturated rings. The Morgan fingerprint density at radius 2 is 2.24 bits per heavy atom. The van der Waals surface area contributed by atoms with Crippen LogP contribution in [0.25, 0.3) is 11.4 Å². The molecule has 0 bridgehead atoms. The van der Waals surface area contributed by atoms with Gasteiger partial charge in [0.1, 0.15) is 11.7 Å². The maximum Gasteiger partial charge on any atom is 0.274 e. The van der Waals surface area contributed by atoms with Crippen molar-refractivity contribution in [1.29, 1.82) is 0 Å². The normalized spacial score (nSPS) is 17.0. The molecule has 25 heavy (non-hydrogen) atoms. The van der Waals surface area contributed by atoms with E-state index in [1.54, 1.807) is 11.1 Å². The fourth-order valence-electron chi connectivity index (χ4n) is 3.10. The zero-order chi connectivity index (χ0) is 17.2. The van der Waals surface area contributed by atoms with Gasteiger partial charge in [0, 0.05) is 24.5 Å². The number of hydrogen-bond acceptors (Lipinski definition) is 6. The van der Waals surface area contributed by atoms with Crippen molar-refractivity contribution in [2.45, 2.75) is 25.8 Å². The Morgan fingerprint density at radius 3 is 3.04 bits per heavy atom. The second-order valence-electron chi connectivity index (χ2n) is 6.07. The van der Waals surface area contributed by atoms with Gasteiger partial charge in [-0.05, 0) is 25.8 Å². The molecule has 0 N–H and O–H groups in total. The van der Waals surface area contributed by atoms with Crippen molar-refractivity contribution < 1.29 is 9.32 Å². The zero-order valence-corrected chi connectivity index (χ0v) is 13.8. The van der Waals surface area contributed by atoms with Crippen molar-refractivity contribution in [3.05, 3.63) is 60.0 Å². The van der Waals surface area contributed by atoms with Crippen molar-refractivity contribution in [3.63, 3.8) is 0 Å². The maximum atomic E-state index is 12.7. The molecule has 4 rings (SSSR count). The average Bonchev–Trinajstić information content (AvgIpc) is 3.31. The summed E-state index contributed by atoms with van der Waals surface area (Å²) in [5.74, 6) is 0.842.